The summed E-state index contributed by atoms with van der Waals surface area (Å²) in [6.45, 7) is 8.06. The van der Waals surface area contributed by atoms with E-state index in [0.717, 1.165) is 38.2 Å². The van der Waals surface area contributed by atoms with E-state index in [4.69, 9.17) is 5.41 Å². The summed E-state index contributed by atoms with van der Waals surface area (Å²) in [4.78, 5) is 2.14. The number of rotatable bonds is 2. The highest BCUT2D eigenvalue weighted by Gasteiger charge is 2.13. The van der Waals surface area contributed by atoms with Crippen LogP contribution in [0.3, 0.4) is 0 Å². The van der Waals surface area contributed by atoms with Gasteiger partial charge in [-0.2, -0.15) is 0 Å². The standard InChI is InChI=1S/C10H19N3/c1-3-4-9(2)10(11)13-7-5-12-6-8-13/h4,11-12H,3,5-8H2,1-2H3/b9-4-,11-10?. The normalized spacial score (nSPS) is 18.9. The van der Waals surface area contributed by atoms with Crippen LogP contribution in [0.2, 0.25) is 0 Å². The van der Waals surface area contributed by atoms with E-state index in [0.29, 0.717) is 5.84 Å². The Labute approximate surface area is 80.3 Å². The van der Waals surface area contributed by atoms with Crippen molar-refractivity contribution in [1.29, 1.82) is 5.41 Å². The number of hydrogen-bond donors (Lipinski definition) is 2. The lowest BCUT2D eigenvalue weighted by atomic mass is 10.2. The maximum Gasteiger partial charge on any atom is 0.123 e. The molecular weight excluding hydrogens is 162 g/mol. The van der Waals surface area contributed by atoms with Gasteiger partial charge in [0, 0.05) is 26.2 Å². The fourth-order valence-electron chi connectivity index (χ4n) is 1.54. The molecule has 74 valence electrons. The van der Waals surface area contributed by atoms with Crippen molar-refractivity contribution in [2.75, 3.05) is 26.2 Å². The molecule has 0 aromatic carbocycles. The first-order valence-electron chi connectivity index (χ1n) is 4.97. The van der Waals surface area contributed by atoms with Crippen LogP contribution in [0.5, 0.6) is 0 Å². The van der Waals surface area contributed by atoms with Crippen LogP contribution in [0.4, 0.5) is 0 Å². The van der Waals surface area contributed by atoms with Gasteiger partial charge in [-0.15, -0.1) is 0 Å². The summed E-state index contributed by atoms with van der Waals surface area (Å²) < 4.78 is 0. The lowest BCUT2D eigenvalue weighted by Crippen LogP contribution is -2.46. The second kappa shape index (κ2) is 5.02. The molecule has 1 fully saturated rings. The van der Waals surface area contributed by atoms with Gasteiger partial charge in [-0.25, -0.2) is 0 Å². The molecule has 0 atom stereocenters. The Kier molecular flexibility index (Phi) is 3.96. The van der Waals surface area contributed by atoms with Gasteiger partial charge in [0.25, 0.3) is 0 Å². The fourth-order valence-corrected chi connectivity index (χ4v) is 1.54. The van der Waals surface area contributed by atoms with Gasteiger partial charge >= 0.3 is 0 Å². The third kappa shape index (κ3) is 2.84. The molecule has 0 aromatic rings. The van der Waals surface area contributed by atoms with Gasteiger partial charge in [0.2, 0.25) is 0 Å². The minimum Gasteiger partial charge on any atom is -0.354 e. The molecule has 1 saturated heterocycles. The molecule has 13 heavy (non-hydrogen) atoms. The Balaban J connectivity index is 2.50. The Bertz CT molecular complexity index is 202. The van der Waals surface area contributed by atoms with Gasteiger partial charge in [0.15, 0.2) is 0 Å². The molecule has 1 rings (SSSR count). The van der Waals surface area contributed by atoms with E-state index in [9.17, 15) is 0 Å². The van der Waals surface area contributed by atoms with E-state index in [1.165, 1.54) is 0 Å². The van der Waals surface area contributed by atoms with Crippen molar-refractivity contribution in [3.05, 3.63) is 11.6 Å². The van der Waals surface area contributed by atoms with Crippen molar-refractivity contribution in [3.8, 4) is 0 Å². The van der Waals surface area contributed by atoms with Crippen molar-refractivity contribution in [2.45, 2.75) is 20.3 Å². The second-order valence-electron chi connectivity index (χ2n) is 3.38. The summed E-state index contributed by atoms with van der Waals surface area (Å²) in [7, 11) is 0. The molecule has 1 aliphatic heterocycles. The van der Waals surface area contributed by atoms with Crippen molar-refractivity contribution in [3.63, 3.8) is 0 Å². The summed E-state index contributed by atoms with van der Waals surface area (Å²) in [5.41, 5.74) is 1.10. The topological polar surface area (TPSA) is 39.1 Å². The van der Waals surface area contributed by atoms with Crippen molar-refractivity contribution in [2.24, 2.45) is 0 Å². The lowest BCUT2D eigenvalue weighted by molar-refractivity contribution is 0.355. The number of nitrogens with zero attached hydrogens (tertiary/aromatic N) is 1. The molecule has 0 radical (unpaired) electrons. The Hall–Kier alpha value is -0.830. The summed E-state index contributed by atoms with van der Waals surface area (Å²) in [5, 5.41) is 11.2. The summed E-state index contributed by atoms with van der Waals surface area (Å²) >= 11 is 0. The van der Waals surface area contributed by atoms with Gasteiger partial charge in [-0.3, -0.25) is 5.41 Å². The Morgan fingerprint density at radius 3 is 2.62 bits per heavy atom. The molecule has 3 heteroatoms. The van der Waals surface area contributed by atoms with Gasteiger partial charge < -0.3 is 10.2 Å². The van der Waals surface area contributed by atoms with E-state index in [1.54, 1.807) is 0 Å². The molecule has 0 unspecified atom stereocenters. The van der Waals surface area contributed by atoms with Crippen LogP contribution < -0.4 is 5.32 Å². The van der Waals surface area contributed by atoms with E-state index in [1.807, 2.05) is 6.92 Å². The van der Waals surface area contributed by atoms with Crippen LogP contribution in [-0.4, -0.2) is 36.9 Å². The van der Waals surface area contributed by atoms with Gasteiger partial charge in [0.1, 0.15) is 5.84 Å². The SMILES string of the molecule is CC/C=C(/C)C(=N)N1CCNCC1. The Morgan fingerprint density at radius 2 is 2.08 bits per heavy atom. The van der Waals surface area contributed by atoms with Crippen LogP contribution in [-0.2, 0) is 0 Å². The molecule has 1 aliphatic rings. The van der Waals surface area contributed by atoms with Crippen LogP contribution in [0.15, 0.2) is 11.6 Å². The quantitative estimate of drug-likeness (QED) is 0.497. The molecule has 0 saturated carbocycles. The first kappa shape index (κ1) is 10.3. The van der Waals surface area contributed by atoms with Crippen molar-refractivity contribution >= 4 is 5.84 Å². The van der Waals surface area contributed by atoms with Crippen molar-refractivity contribution < 1.29 is 0 Å². The van der Waals surface area contributed by atoms with E-state index < -0.39 is 0 Å². The zero-order valence-corrected chi connectivity index (χ0v) is 8.56. The molecule has 1 heterocycles. The van der Waals surface area contributed by atoms with Crippen LogP contribution in [0, 0.1) is 5.41 Å². The van der Waals surface area contributed by atoms with Crippen LogP contribution in [0.25, 0.3) is 0 Å². The second-order valence-corrected chi connectivity index (χ2v) is 3.38. The smallest absolute Gasteiger partial charge is 0.123 e. The number of hydrogen-bond acceptors (Lipinski definition) is 2. The third-order valence-electron chi connectivity index (χ3n) is 2.32. The highest BCUT2D eigenvalue weighted by Crippen LogP contribution is 2.04. The van der Waals surface area contributed by atoms with Crippen LogP contribution in [0.1, 0.15) is 20.3 Å². The Morgan fingerprint density at radius 1 is 1.46 bits per heavy atom. The highest BCUT2D eigenvalue weighted by molar-refractivity contribution is 5.95. The van der Waals surface area contributed by atoms with Gasteiger partial charge in [-0.1, -0.05) is 13.0 Å². The first-order valence-corrected chi connectivity index (χ1v) is 4.97. The summed E-state index contributed by atoms with van der Waals surface area (Å²) in [6, 6.07) is 0. The number of amidine groups is 1. The number of allylic oxidation sites excluding steroid dienone is 1. The number of piperazine rings is 1. The number of nitrogens with one attached hydrogen (secondary N) is 2. The molecule has 0 aliphatic carbocycles. The molecule has 0 spiro atoms. The molecule has 3 nitrogen and oxygen atoms in total. The minimum atomic E-state index is 0.698. The average molecular weight is 181 g/mol. The average Bonchev–Trinajstić information content (AvgIpc) is 2.18. The molecular formula is C10H19N3. The third-order valence-corrected chi connectivity index (χ3v) is 2.32. The molecule has 2 N–H and O–H groups in total. The van der Waals surface area contributed by atoms with Crippen molar-refractivity contribution in [1.82, 2.24) is 10.2 Å². The maximum absolute atomic E-state index is 7.92. The van der Waals surface area contributed by atoms with Gasteiger partial charge in [-0.05, 0) is 18.9 Å². The molecule has 0 amide bonds. The highest BCUT2D eigenvalue weighted by atomic mass is 15.2. The predicted molar refractivity (Wildman–Crippen MR) is 56.2 cm³/mol. The lowest BCUT2D eigenvalue weighted by Gasteiger charge is -2.29. The zero-order valence-electron chi connectivity index (χ0n) is 8.56. The molecule has 0 bridgehead atoms. The minimum absolute atomic E-state index is 0.698. The van der Waals surface area contributed by atoms with E-state index in [2.05, 4.69) is 23.2 Å². The fraction of sp³-hybridized carbons (Fsp3) is 0.700. The largest absolute Gasteiger partial charge is 0.354 e. The van der Waals surface area contributed by atoms with E-state index in [-0.39, 0.29) is 0 Å². The summed E-state index contributed by atoms with van der Waals surface area (Å²) in [6.07, 6.45) is 3.13. The maximum atomic E-state index is 7.92. The summed E-state index contributed by atoms with van der Waals surface area (Å²) in [5.74, 6) is 0.698. The van der Waals surface area contributed by atoms with Gasteiger partial charge in [0.05, 0.1) is 0 Å². The zero-order chi connectivity index (χ0) is 9.68. The van der Waals surface area contributed by atoms with Crippen LogP contribution >= 0.6 is 0 Å². The molecule has 0 aromatic heterocycles. The first-order chi connectivity index (χ1) is 6.25. The van der Waals surface area contributed by atoms with E-state index >= 15 is 0 Å². The monoisotopic (exact) mass is 181 g/mol. The predicted octanol–water partition coefficient (Wildman–Crippen LogP) is 1.23.